The molecule has 0 aliphatic carbocycles. The molecule has 1 N–H and O–H groups in total. The highest BCUT2D eigenvalue weighted by molar-refractivity contribution is 5.96. The molecule has 3 aromatic rings. The molecule has 0 saturated heterocycles. The van der Waals surface area contributed by atoms with Crippen molar-refractivity contribution in [1.29, 1.82) is 5.26 Å². The van der Waals surface area contributed by atoms with Gasteiger partial charge in [-0.25, -0.2) is 4.39 Å². The largest absolute Gasteiger partial charge is 0.467 e. The number of nitrogens with zero attached hydrogens (tertiary/aromatic N) is 3. The summed E-state index contributed by atoms with van der Waals surface area (Å²) in [6.45, 7) is 1.79. The zero-order valence-corrected chi connectivity index (χ0v) is 11.4. The number of aromatic nitrogens is 3. The molecular weight excluding hydrogens is 271 g/mol. The summed E-state index contributed by atoms with van der Waals surface area (Å²) in [5.74, 6) is -0.317. The SMILES string of the molecule is COc1nc(-c2ccc(F)cc2C)c2c(C#N)c[nH]c2n1. The highest BCUT2D eigenvalue weighted by Crippen LogP contribution is 2.32. The molecule has 0 fully saturated rings. The summed E-state index contributed by atoms with van der Waals surface area (Å²) < 4.78 is 18.4. The lowest BCUT2D eigenvalue weighted by molar-refractivity contribution is 0.382. The molecule has 2 aromatic heterocycles. The summed E-state index contributed by atoms with van der Waals surface area (Å²) in [4.78, 5) is 11.4. The van der Waals surface area contributed by atoms with Crippen molar-refractivity contribution in [2.75, 3.05) is 7.11 Å². The Kier molecular flexibility index (Phi) is 3.03. The number of H-pyrrole nitrogens is 1. The number of hydrogen-bond acceptors (Lipinski definition) is 4. The summed E-state index contributed by atoms with van der Waals surface area (Å²) in [5, 5.41) is 9.82. The highest BCUT2D eigenvalue weighted by Gasteiger charge is 2.17. The van der Waals surface area contributed by atoms with Crippen LogP contribution in [0.2, 0.25) is 0 Å². The molecule has 0 amide bonds. The van der Waals surface area contributed by atoms with E-state index in [0.29, 0.717) is 22.3 Å². The Labute approximate surface area is 120 Å². The maximum Gasteiger partial charge on any atom is 0.318 e. The maximum absolute atomic E-state index is 13.3. The van der Waals surface area contributed by atoms with Crippen LogP contribution in [0.4, 0.5) is 4.39 Å². The Balaban J connectivity index is 2.39. The third-order valence-corrected chi connectivity index (χ3v) is 3.26. The van der Waals surface area contributed by atoms with Gasteiger partial charge in [-0.05, 0) is 30.7 Å². The molecule has 0 aliphatic rings. The van der Waals surface area contributed by atoms with Crippen molar-refractivity contribution in [2.24, 2.45) is 0 Å². The molecule has 1 aromatic carbocycles. The molecule has 0 unspecified atom stereocenters. The van der Waals surface area contributed by atoms with Crippen LogP contribution >= 0.6 is 0 Å². The topological polar surface area (TPSA) is 74.6 Å². The number of hydrogen-bond donors (Lipinski definition) is 1. The van der Waals surface area contributed by atoms with Gasteiger partial charge in [-0.3, -0.25) is 0 Å². The number of methoxy groups -OCH3 is 1. The third kappa shape index (κ3) is 2.09. The van der Waals surface area contributed by atoms with Crippen LogP contribution in [-0.2, 0) is 0 Å². The molecule has 0 saturated carbocycles. The lowest BCUT2D eigenvalue weighted by atomic mass is 10.0. The Morgan fingerprint density at radius 2 is 2.14 bits per heavy atom. The molecule has 0 atom stereocenters. The molecule has 0 aliphatic heterocycles. The highest BCUT2D eigenvalue weighted by atomic mass is 19.1. The first kappa shape index (κ1) is 13.1. The summed E-state index contributed by atoms with van der Waals surface area (Å²) in [6, 6.07) is 6.72. The predicted molar refractivity (Wildman–Crippen MR) is 75.3 cm³/mol. The van der Waals surface area contributed by atoms with Gasteiger partial charge in [0.05, 0.1) is 23.8 Å². The Hall–Kier alpha value is -2.94. The van der Waals surface area contributed by atoms with Crippen molar-refractivity contribution in [3.8, 4) is 23.3 Å². The first-order valence-electron chi connectivity index (χ1n) is 6.23. The minimum absolute atomic E-state index is 0.188. The van der Waals surface area contributed by atoms with Crippen LogP contribution in [-0.4, -0.2) is 22.1 Å². The van der Waals surface area contributed by atoms with Crippen molar-refractivity contribution in [3.63, 3.8) is 0 Å². The quantitative estimate of drug-likeness (QED) is 0.784. The minimum atomic E-state index is -0.317. The van der Waals surface area contributed by atoms with E-state index in [2.05, 4.69) is 21.0 Å². The van der Waals surface area contributed by atoms with Crippen LogP contribution < -0.4 is 4.74 Å². The van der Waals surface area contributed by atoms with Crippen molar-refractivity contribution in [2.45, 2.75) is 6.92 Å². The van der Waals surface area contributed by atoms with E-state index >= 15 is 0 Å². The average Bonchev–Trinajstić information content (AvgIpc) is 2.89. The number of benzene rings is 1. The van der Waals surface area contributed by atoms with Crippen LogP contribution in [0.3, 0.4) is 0 Å². The predicted octanol–water partition coefficient (Wildman–Crippen LogP) is 2.95. The van der Waals surface area contributed by atoms with Crippen molar-refractivity contribution < 1.29 is 9.13 Å². The number of fused-ring (bicyclic) bond motifs is 1. The first-order valence-corrected chi connectivity index (χ1v) is 6.23. The Bertz CT molecular complexity index is 879. The molecule has 6 heteroatoms. The van der Waals surface area contributed by atoms with Crippen molar-refractivity contribution >= 4 is 11.0 Å². The Morgan fingerprint density at radius 1 is 1.33 bits per heavy atom. The van der Waals surface area contributed by atoms with Crippen LogP contribution in [0.5, 0.6) is 6.01 Å². The van der Waals surface area contributed by atoms with Gasteiger partial charge >= 0.3 is 6.01 Å². The average molecular weight is 282 g/mol. The van der Waals surface area contributed by atoms with E-state index < -0.39 is 0 Å². The number of nitrogens with one attached hydrogen (secondary N) is 1. The molecule has 104 valence electrons. The van der Waals surface area contributed by atoms with Crippen LogP contribution in [0.25, 0.3) is 22.3 Å². The molecule has 0 bridgehead atoms. The fourth-order valence-electron chi connectivity index (χ4n) is 2.28. The van der Waals surface area contributed by atoms with E-state index in [4.69, 9.17) is 4.74 Å². The summed E-state index contributed by atoms with van der Waals surface area (Å²) in [6.07, 6.45) is 1.57. The second-order valence-corrected chi connectivity index (χ2v) is 4.56. The van der Waals surface area contributed by atoms with Gasteiger partial charge in [-0.1, -0.05) is 0 Å². The molecular formula is C15H11FN4O. The standard InChI is InChI=1S/C15H11FN4O/c1-8-5-10(16)3-4-11(8)13-12-9(6-17)7-18-14(12)20-15(19-13)21-2/h3-5,7H,1-2H3,(H,18,19,20). The number of ether oxygens (including phenoxy) is 1. The molecule has 21 heavy (non-hydrogen) atoms. The van der Waals surface area contributed by atoms with E-state index in [-0.39, 0.29) is 11.8 Å². The zero-order chi connectivity index (χ0) is 15.0. The van der Waals surface area contributed by atoms with E-state index in [1.165, 1.54) is 19.2 Å². The van der Waals surface area contributed by atoms with Crippen LogP contribution in [0.1, 0.15) is 11.1 Å². The van der Waals surface area contributed by atoms with E-state index in [1.807, 2.05) is 0 Å². The van der Waals surface area contributed by atoms with Gasteiger partial charge in [-0.2, -0.15) is 15.2 Å². The number of aryl methyl sites for hydroxylation is 1. The van der Waals surface area contributed by atoms with Gasteiger partial charge in [0.15, 0.2) is 0 Å². The zero-order valence-electron chi connectivity index (χ0n) is 11.4. The first-order chi connectivity index (χ1) is 10.1. The lowest BCUT2D eigenvalue weighted by Gasteiger charge is -2.08. The smallest absolute Gasteiger partial charge is 0.318 e. The summed E-state index contributed by atoms with van der Waals surface area (Å²) in [5.41, 5.74) is 2.95. The Morgan fingerprint density at radius 3 is 2.81 bits per heavy atom. The van der Waals surface area contributed by atoms with Crippen LogP contribution in [0.15, 0.2) is 24.4 Å². The second-order valence-electron chi connectivity index (χ2n) is 4.56. The van der Waals surface area contributed by atoms with E-state index in [1.54, 1.807) is 19.2 Å². The van der Waals surface area contributed by atoms with Gasteiger partial charge in [0.25, 0.3) is 0 Å². The monoisotopic (exact) mass is 282 g/mol. The molecule has 0 radical (unpaired) electrons. The molecule has 0 spiro atoms. The number of halogens is 1. The number of aromatic amines is 1. The molecule has 2 heterocycles. The maximum atomic E-state index is 13.3. The molecule has 5 nitrogen and oxygen atoms in total. The third-order valence-electron chi connectivity index (χ3n) is 3.26. The van der Waals surface area contributed by atoms with Gasteiger partial charge in [0.2, 0.25) is 0 Å². The van der Waals surface area contributed by atoms with Crippen molar-refractivity contribution in [3.05, 3.63) is 41.3 Å². The summed E-state index contributed by atoms with van der Waals surface area (Å²) in [7, 11) is 1.47. The van der Waals surface area contributed by atoms with Gasteiger partial charge < -0.3 is 9.72 Å². The normalized spacial score (nSPS) is 10.6. The summed E-state index contributed by atoms with van der Waals surface area (Å²) >= 11 is 0. The van der Waals surface area contributed by atoms with Crippen molar-refractivity contribution in [1.82, 2.24) is 15.0 Å². The van der Waals surface area contributed by atoms with Gasteiger partial charge in [0.1, 0.15) is 17.5 Å². The van der Waals surface area contributed by atoms with E-state index in [0.717, 1.165) is 11.1 Å². The minimum Gasteiger partial charge on any atom is -0.467 e. The van der Waals surface area contributed by atoms with Crippen LogP contribution in [0, 0.1) is 24.1 Å². The number of nitriles is 1. The van der Waals surface area contributed by atoms with Gasteiger partial charge in [0, 0.05) is 11.8 Å². The lowest BCUT2D eigenvalue weighted by Crippen LogP contribution is -1.97. The van der Waals surface area contributed by atoms with Gasteiger partial charge in [-0.15, -0.1) is 0 Å². The molecule has 3 rings (SSSR count). The van der Waals surface area contributed by atoms with E-state index in [9.17, 15) is 9.65 Å². The number of rotatable bonds is 2. The second kappa shape index (κ2) is 4.87. The fourth-order valence-corrected chi connectivity index (χ4v) is 2.28. The fraction of sp³-hybridized carbons (Fsp3) is 0.133.